The molecule has 0 N–H and O–H groups in total. The Morgan fingerprint density at radius 3 is 2.50 bits per heavy atom. The van der Waals surface area contributed by atoms with Crippen LogP contribution in [0.3, 0.4) is 0 Å². The molecule has 3 aromatic rings. The first-order valence-corrected chi connectivity index (χ1v) is 8.94. The summed E-state index contributed by atoms with van der Waals surface area (Å²) in [6.07, 6.45) is 2.72. The van der Waals surface area contributed by atoms with Crippen LogP contribution in [-0.2, 0) is 17.8 Å². The highest BCUT2D eigenvalue weighted by Crippen LogP contribution is 2.37. The molecule has 0 atom stereocenters. The van der Waals surface area contributed by atoms with E-state index in [1.54, 1.807) is 12.1 Å². The number of benzene rings is 2. The molecule has 1 aliphatic rings. The van der Waals surface area contributed by atoms with Crippen molar-refractivity contribution in [1.82, 2.24) is 4.57 Å². The maximum atomic E-state index is 13.0. The van der Waals surface area contributed by atoms with Gasteiger partial charge in [-0.15, -0.1) is 0 Å². The highest BCUT2D eigenvalue weighted by Gasteiger charge is 2.35. The molecule has 1 aromatic heterocycles. The number of thioether (sulfide) groups is 1. The van der Waals surface area contributed by atoms with Crippen molar-refractivity contribution < 1.29 is 14.0 Å². The lowest BCUT2D eigenvalue weighted by Gasteiger charge is -2.16. The third-order valence-corrected chi connectivity index (χ3v) is 5.23. The highest BCUT2D eigenvalue weighted by atomic mass is 32.2. The Hall–Kier alpha value is -2.86. The van der Waals surface area contributed by atoms with E-state index in [4.69, 9.17) is 0 Å². The van der Waals surface area contributed by atoms with Crippen molar-refractivity contribution in [3.63, 3.8) is 0 Å². The summed E-state index contributed by atoms with van der Waals surface area (Å²) in [5.41, 5.74) is 2.87. The topological polar surface area (TPSA) is 42.3 Å². The molecular weight excluding hydrogens is 351 g/mol. The Labute approximate surface area is 153 Å². The van der Waals surface area contributed by atoms with Gasteiger partial charge in [-0.25, -0.2) is 4.39 Å². The lowest BCUT2D eigenvalue weighted by Crippen LogP contribution is -2.20. The van der Waals surface area contributed by atoms with Crippen LogP contribution in [0.4, 0.5) is 14.9 Å². The van der Waals surface area contributed by atoms with E-state index in [2.05, 4.69) is 11.1 Å². The largest absolute Gasteiger partial charge is 0.347 e. The summed E-state index contributed by atoms with van der Waals surface area (Å²) in [6.45, 7) is 4.46. The summed E-state index contributed by atoms with van der Waals surface area (Å²) in [5.74, 6) is -0.243. The Morgan fingerprint density at radius 1 is 1.04 bits per heavy atom. The van der Waals surface area contributed by atoms with Crippen molar-refractivity contribution in [3.8, 4) is 0 Å². The molecule has 1 fully saturated rings. The number of hydrogen-bond acceptors (Lipinski definition) is 3. The predicted molar refractivity (Wildman–Crippen MR) is 102 cm³/mol. The number of halogens is 1. The number of aromatic nitrogens is 1. The molecule has 1 saturated heterocycles. The van der Waals surface area contributed by atoms with Gasteiger partial charge in [-0.2, -0.15) is 0 Å². The standard InChI is InChI=1S/C20H15FN2O2S/c1-13-19(24)26-20(25)23(13)18-4-2-3-17-16(18)10-12-22(17)11-9-14-5-7-15(21)8-6-14/h2-8,10,12H,1,9,11H2. The molecule has 1 amide bonds. The fourth-order valence-corrected chi connectivity index (χ4v) is 3.79. The normalized spacial score (nSPS) is 14.7. The number of fused-ring (bicyclic) bond motifs is 1. The van der Waals surface area contributed by atoms with Gasteiger partial charge < -0.3 is 4.57 Å². The van der Waals surface area contributed by atoms with E-state index >= 15 is 0 Å². The predicted octanol–water partition coefficient (Wildman–Crippen LogP) is 4.74. The molecule has 0 saturated carbocycles. The summed E-state index contributed by atoms with van der Waals surface area (Å²) < 4.78 is 15.1. The zero-order chi connectivity index (χ0) is 18.3. The number of nitrogens with zero attached hydrogens (tertiary/aromatic N) is 2. The van der Waals surface area contributed by atoms with E-state index in [-0.39, 0.29) is 21.9 Å². The molecule has 1 aliphatic heterocycles. The molecule has 6 heteroatoms. The van der Waals surface area contributed by atoms with Crippen LogP contribution in [0.15, 0.2) is 67.0 Å². The number of hydrogen-bond donors (Lipinski definition) is 0. The molecule has 0 aliphatic carbocycles. The van der Waals surface area contributed by atoms with Crippen molar-refractivity contribution in [2.24, 2.45) is 0 Å². The van der Waals surface area contributed by atoms with Gasteiger partial charge in [-0.05, 0) is 42.3 Å². The molecule has 0 unspecified atom stereocenters. The van der Waals surface area contributed by atoms with Gasteiger partial charge in [0.2, 0.25) is 5.12 Å². The van der Waals surface area contributed by atoms with E-state index in [9.17, 15) is 14.0 Å². The first kappa shape index (κ1) is 16.6. The van der Waals surface area contributed by atoms with Crippen molar-refractivity contribution in [3.05, 3.63) is 78.4 Å². The summed E-state index contributed by atoms with van der Waals surface area (Å²) >= 11 is 0.667. The summed E-state index contributed by atoms with van der Waals surface area (Å²) in [6, 6.07) is 14.1. The summed E-state index contributed by atoms with van der Waals surface area (Å²) in [7, 11) is 0. The molecule has 0 spiro atoms. The van der Waals surface area contributed by atoms with Crippen LogP contribution in [0, 0.1) is 5.82 Å². The average molecular weight is 366 g/mol. The Balaban J connectivity index is 1.65. The van der Waals surface area contributed by atoms with Crippen LogP contribution >= 0.6 is 11.8 Å². The molecule has 0 bridgehead atoms. The minimum absolute atomic E-state index is 0.187. The number of aryl methyl sites for hydroxylation is 2. The number of carbonyl (C=O) groups excluding carboxylic acids is 2. The van der Waals surface area contributed by atoms with Crippen molar-refractivity contribution >= 4 is 38.7 Å². The third-order valence-electron chi connectivity index (χ3n) is 4.45. The zero-order valence-electron chi connectivity index (χ0n) is 13.8. The molecule has 2 heterocycles. The van der Waals surface area contributed by atoms with Gasteiger partial charge in [0.25, 0.3) is 5.24 Å². The van der Waals surface area contributed by atoms with Crippen molar-refractivity contribution in [2.45, 2.75) is 13.0 Å². The van der Waals surface area contributed by atoms with Gasteiger partial charge in [0, 0.05) is 29.9 Å². The van der Waals surface area contributed by atoms with Gasteiger partial charge in [0.05, 0.1) is 16.9 Å². The fourth-order valence-electron chi connectivity index (χ4n) is 3.13. The maximum Gasteiger partial charge on any atom is 0.298 e. The van der Waals surface area contributed by atoms with Crippen LogP contribution in [0.5, 0.6) is 0 Å². The van der Waals surface area contributed by atoms with Crippen LogP contribution in [0.1, 0.15) is 5.56 Å². The van der Waals surface area contributed by atoms with Gasteiger partial charge in [-0.1, -0.05) is 24.8 Å². The van der Waals surface area contributed by atoms with Crippen LogP contribution in [-0.4, -0.2) is 14.9 Å². The minimum atomic E-state index is -0.327. The van der Waals surface area contributed by atoms with Crippen molar-refractivity contribution in [1.29, 1.82) is 0 Å². The Bertz CT molecular complexity index is 1040. The van der Waals surface area contributed by atoms with E-state index < -0.39 is 0 Å². The van der Waals surface area contributed by atoms with Crippen LogP contribution in [0.25, 0.3) is 10.9 Å². The molecule has 4 rings (SSSR count). The second-order valence-electron chi connectivity index (χ2n) is 6.03. The SMILES string of the molecule is C=C1C(=O)SC(=O)N1c1cccc2c1ccn2CCc1ccc(F)cc1. The zero-order valence-corrected chi connectivity index (χ0v) is 14.6. The second-order valence-corrected chi connectivity index (χ2v) is 6.96. The van der Waals surface area contributed by atoms with Gasteiger partial charge in [0.1, 0.15) is 5.82 Å². The van der Waals surface area contributed by atoms with Crippen LogP contribution in [0.2, 0.25) is 0 Å². The number of rotatable bonds is 4. The molecular formula is C20H15FN2O2S. The van der Waals surface area contributed by atoms with E-state index in [0.717, 1.165) is 29.4 Å². The molecule has 26 heavy (non-hydrogen) atoms. The number of carbonyl (C=O) groups is 2. The summed E-state index contributed by atoms with van der Waals surface area (Å²) in [5, 5.41) is 0.241. The molecule has 2 aromatic carbocycles. The van der Waals surface area contributed by atoms with Gasteiger partial charge >= 0.3 is 0 Å². The van der Waals surface area contributed by atoms with Gasteiger partial charge in [0.15, 0.2) is 0 Å². The maximum absolute atomic E-state index is 13.0. The molecule has 130 valence electrons. The molecule has 0 radical (unpaired) electrons. The third kappa shape index (κ3) is 2.82. The lowest BCUT2D eigenvalue weighted by atomic mass is 10.1. The summed E-state index contributed by atoms with van der Waals surface area (Å²) in [4.78, 5) is 25.3. The quantitative estimate of drug-likeness (QED) is 0.627. The average Bonchev–Trinajstić information content (AvgIpc) is 3.15. The smallest absolute Gasteiger partial charge is 0.298 e. The monoisotopic (exact) mass is 366 g/mol. The van der Waals surface area contributed by atoms with E-state index in [0.29, 0.717) is 17.4 Å². The van der Waals surface area contributed by atoms with E-state index in [1.165, 1.54) is 17.0 Å². The Morgan fingerprint density at radius 2 is 1.81 bits per heavy atom. The fraction of sp³-hybridized carbons (Fsp3) is 0.100. The van der Waals surface area contributed by atoms with Crippen molar-refractivity contribution in [2.75, 3.05) is 4.90 Å². The minimum Gasteiger partial charge on any atom is -0.347 e. The molecule has 4 nitrogen and oxygen atoms in total. The lowest BCUT2D eigenvalue weighted by molar-refractivity contribution is -0.107. The van der Waals surface area contributed by atoms with Crippen LogP contribution < -0.4 is 4.90 Å². The highest BCUT2D eigenvalue weighted by molar-refractivity contribution is 8.27. The van der Waals surface area contributed by atoms with Gasteiger partial charge in [-0.3, -0.25) is 14.5 Å². The Kier molecular flexibility index (Phi) is 4.12. The first-order valence-electron chi connectivity index (χ1n) is 8.12. The first-order chi connectivity index (χ1) is 12.5. The second kappa shape index (κ2) is 6.46. The van der Waals surface area contributed by atoms with E-state index in [1.807, 2.05) is 30.5 Å². The number of anilines is 1. The number of amides is 1.